The van der Waals surface area contributed by atoms with Crippen LogP contribution < -0.4 is 10.6 Å². The minimum Gasteiger partial charge on any atom is -0.409 e. The van der Waals surface area contributed by atoms with Gasteiger partial charge in [0, 0.05) is 24.7 Å². The summed E-state index contributed by atoms with van der Waals surface area (Å²) in [6.07, 6.45) is 1.42. The van der Waals surface area contributed by atoms with Gasteiger partial charge in [0.15, 0.2) is 5.84 Å². The molecule has 0 spiro atoms. The smallest absolute Gasteiger partial charge is 0.226 e. The van der Waals surface area contributed by atoms with Crippen LogP contribution in [0.3, 0.4) is 0 Å². The van der Waals surface area contributed by atoms with Crippen LogP contribution in [0.5, 0.6) is 0 Å². The Labute approximate surface area is 113 Å². The lowest BCUT2D eigenvalue weighted by Gasteiger charge is -2.18. The van der Waals surface area contributed by atoms with Crippen LogP contribution in [-0.2, 0) is 4.79 Å². The number of hydrogen-bond acceptors (Lipinski definition) is 3. The zero-order valence-electron chi connectivity index (χ0n) is 11.6. The van der Waals surface area contributed by atoms with Crippen molar-refractivity contribution in [2.75, 3.05) is 11.9 Å². The van der Waals surface area contributed by atoms with E-state index in [1.807, 2.05) is 0 Å². The Kier molecular flexibility index (Phi) is 5.36. The van der Waals surface area contributed by atoms with Crippen LogP contribution >= 0.6 is 0 Å². The lowest BCUT2D eigenvalue weighted by atomic mass is 10.1. The molecule has 1 aromatic rings. The summed E-state index contributed by atoms with van der Waals surface area (Å²) in [6.45, 7) is 4.19. The minimum atomic E-state index is 0.0559. The van der Waals surface area contributed by atoms with Crippen LogP contribution in [0.25, 0.3) is 0 Å². The number of nitrogens with two attached hydrogens (primary N) is 1. The third-order valence-electron chi connectivity index (χ3n) is 2.97. The number of anilines is 1. The van der Waals surface area contributed by atoms with Gasteiger partial charge in [0.05, 0.1) is 0 Å². The van der Waals surface area contributed by atoms with Gasteiger partial charge in [0.2, 0.25) is 5.91 Å². The number of hydrogen-bond donors (Lipinski definition) is 2. The highest BCUT2D eigenvalue weighted by Crippen LogP contribution is 2.16. The first-order chi connectivity index (χ1) is 8.95. The fourth-order valence-electron chi connectivity index (χ4n) is 1.64. The second-order valence-electron chi connectivity index (χ2n) is 4.92. The van der Waals surface area contributed by atoms with Crippen molar-refractivity contribution in [2.45, 2.75) is 26.7 Å². The van der Waals surface area contributed by atoms with Gasteiger partial charge in [-0.15, -0.1) is 0 Å². The molecule has 0 fully saturated rings. The van der Waals surface area contributed by atoms with Gasteiger partial charge in [0.25, 0.3) is 0 Å². The van der Waals surface area contributed by atoms with Crippen LogP contribution in [0.2, 0.25) is 0 Å². The molecule has 0 bridgehead atoms. The third-order valence-corrected chi connectivity index (χ3v) is 2.97. The molecule has 3 N–H and O–H groups in total. The summed E-state index contributed by atoms with van der Waals surface area (Å²) in [4.78, 5) is 13.6. The van der Waals surface area contributed by atoms with Crippen LogP contribution in [0, 0.1) is 5.92 Å². The monoisotopic (exact) mass is 263 g/mol. The maximum atomic E-state index is 12.0. The summed E-state index contributed by atoms with van der Waals surface area (Å²) in [5, 5.41) is 11.5. The summed E-state index contributed by atoms with van der Waals surface area (Å²) in [5.74, 6) is 0.658. The highest BCUT2D eigenvalue weighted by atomic mass is 16.4. The molecule has 0 heterocycles. The summed E-state index contributed by atoms with van der Waals surface area (Å²) in [5.41, 5.74) is 6.90. The Morgan fingerprint density at radius 3 is 2.42 bits per heavy atom. The molecule has 1 aromatic carbocycles. The Hall–Kier alpha value is -2.04. The number of carbonyl (C=O) groups is 1. The highest BCUT2D eigenvalue weighted by Gasteiger charge is 2.11. The molecule has 1 amide bonds. The van der Waals surface area contributed by atoms with Crippen molar-refractivity contribution in [1.29, 1.82) is 0 Å². The fourth-order valence-corrected chi connectivity index (χ4v) is 1.64. The largest absolute Gasteiger partial charge is 0.409 e. The number of nitrogens with zero attached hydrogens (tertiary/aromatic N) is 2. The number of amidine groups is 1. The molecule has 0 unspecified atom stereocenters. The predicted molar refractivity (Wildman–Crippen MR) is 76.4 cm³/mol. The van der Waals surface area contributed by atoms with Crippen molar-refractivity contribution in [3.63, 3.8) is 0 Å². The number of rotatable bonds is 5. The Morgan fingerprint density at radius 2 is 1.95 bits per heavy atom. The molecule has 0 aliphatic rings. The molecule has 0 radical (unpaired) electrons. The Morgan fingerprint density at radius 1 is 1.37 bits per heavy atom. The van der Waals surface area contributed by atoms with Gasteiger partial charge in [-0.05, 0) is 36.6 Å². The van der Waals surface area contributed by atoms with E-state index in [9.17, 15) is 4.79 Å². The first kappa shape index (κ1) is 15.0. The average molecular weight is 263 g/mol. The fraction of sp³-hybridized carbons (Fsp3) is 0.429. The van der Waals surface area contributed by atoms with E-state index in [1.54, 1.807) is 36.2 Å². The average Bonchev–Trinajstić information content (AvgIpc) is 2.43. The van der Waals surface area contributed by atoms with Crippen LogP contribution in [-0.4, -0.2) is 24.0 Å². The molecule has 19 heavy (non-hydrogen) atoms. The maximum absolute atomic E-state index is 12.0. The molecular formula is C14H21N3O2. The van der Waals surface area contributed by atoms with Crippen molar-refractivity contribution < 1.29 is 10.0 Å². The molecule has 0 atom stereocenters. The van der Waals surface area contributed by atoms with E-state index in [-0.39, 0.29) is 11.7 Å². The number of amides is 1. The minimum absolute atomic E-state index is 0.0559. The molecule has 5 nitrogen and oxygen atoms in total. The van der Waals surface area contributed by atoms with E-state index in [2.05, 4.69) is 19.0 Å². The SMILES string of the molecule is CC(C)CCC(=O)N(C)c1ccc(C(N)=NO)cc1. The molecule has 0 aromatic heterocycles. The topological polar surface area (TPSA) is 78.9 Å². The van der Waals surface area contributed by atoms with Gasteiger partial charge in [0.1, 0.15) is 0 Å². The van der Waals surface area contributed by atoms with Gasteiger partial charge >= 0.3 is 0 Å². The molecule has 0 aliphatic carbocycles. The van der Waals surface area contributed by atoms with E-state index in [1.165, 1.54) is 0 Å². The van der Waals surface area contributed by atoms with Gasteiger partial charge in [-0.1, -0.05) is 19.0 Å². The first-order valence-electron chi connectivity index (χ1n) is 6.30. The lowest BCUT2D eigenvalue weighted by molar-refractivity contribution is -0.118. The van der Waals surface area contributed by atoms with Crippen LogP contribution in [0.4, 0.5) is 5.69 Å². The van der Waals surface area contributed by atoms with Crippen LogP contribution in [0.1, 0.15) is 32.3 Å². The van der Waals surface area contributed by atoms with Gasteiger partial charge in [-0.3, -0.25) is 4.79 Å². The van der Waals surface area contributed by atoms with Crippen molar-refractivity contribution in [2.24, 2.45) is 16.8 Å². The normalized spacial score (nSPS) is 11.7. The molecule has 0 saturated heterocycles. The van der Waals surface area contributed by atoms with E-state index < -0.39 is 0 Å². The molecular weight excluding hydrogens is 242 g/mol. The van der Waals surface area contributed by atoms with Gasteiger partial charge < -0.3 is 15.8 Å². The second-order valence-corrected chi connectivity index (χ2v) is 4.92. The quantitative estimate of drug-likeness (QED) is 0.370. The maximum Gasteiger partial charge on any atom is 0.226 e. The van der Waals surface area contributed by atoms with Gasteiger partial charge in [-0.25, -0.2) is 0 Å². The van der Waals surface area contributed by atoms with Crippen molar-refractivity contribution in [3.05, 3.63) is 29.8 Å². The summed E-state index contributed by atoms with van der Waals surface area (Å²) < 4.78 is 0. The zero-order valence-corrected chi connectivity index (χ0v) is 11.6. The molecule has 5 heteroatoms. The number of benzene rings is 1. The first-order valence-corrected chi connectivity index (χ1v) is 6.30. The van der Waals surface area contributed by atoms with E-state index >= 15 is 0 Å². The molecule has 1 rings (SSSR count). The number of carbonyl (C=O) groups excluding carboxylic acids is 1. The predicted octanol–water partition coefficient (Wildman–Crippen LogP) is 2.18. The zero-order chi connectivity index (χ0) is 14.4. The molecule has 104 valence electrons. The second kappa shape index (κ2) is 6.78. The van der Waals surface area contributed by atoms with E-state index in [0.717, 1.165) is 12.1 Å². The molecule has 0 aliphatic heterocycles. The van der Waals surface area contributed by atoms with Gasteiger partial charge in [-0.2, -0.15) is 0 Å². The standard InChI is InChI=1S/C14H21N3O2/c1-10(2)4-9-13(18)17(3)12-7-5-11(6-8-12)14(15)16-19/h5-8,10,19H,4,9H2,1-3H3,(H2,15,16). The highest BCUT2D eigenvalue weighted by molar-refractivity contribution is 5.98. The summed E-state index contributed by atoms with van der Waals surface area (Å²) in [7, 11) is 1.75. The Balaban J connectivity index is 2.72. The van der Waals surface area contributed by atoms with Crippen molar-refractivity contribution in [1.82, 2.24) is 0 Å². The van der Waals surface area contributed by atoms with Crippen molar-refractivity contribution >= 4 is 17.4 Å². The lowest BCUT2D eigenvalue weighted by Crippen LogP contribution is -2.26. The van der Waals surface area contributed by atoms with Crippen molar-refractivity contribution in [3.8, 4) is 0 Å². The Bertz CT molecular complexity index is 452. The van der Waals surface area contributed by atoms with E-state index in [0.29, 0.717) is 17.9 Å². The van der Waals surface area contributed by atoms with Crippen LogP contribution in [0.15, 0.2) is 29.4 Å². The van der Waals surface area contributed by atoms with E-state index in [4.69, 9.17) is 10.9 Å². The summed E-state index contributed by atoms with van der Waals surface area (Å²) >= 11 is 0. The summed E-state index contributed by atoms with van der Waals surface area (Å²) in [6, 6.07) is 6.99. The molecule has 0 saturated carbocycles. The number of oxime groups is 1. The third kappa shape index (κ3) is 4.28.